The molecule has 0 saturated carbocycles. The van der Waals surface area contributed by atoms with E-state index in [4.69, 9.17) is 5.11 Å². The van der Waals surface area contributed by atoms with Crippen LogP contribution in [0.5, 0.6) is 0 Å². The summed E-state index contributed by atoms with van der Waals surface area (Å²) >= 11 is 0. The Morgan fingerprint density at radius 2 is 1.87 bits per heavy atom. The fourth-order valence-electron chi connectivity index (χ4n) is 4.24. The summed E-state index contributed by atoms with van der Waals surface area (Å²) in [4.78, 5) is 10.7. The van der Waals surface area contributed by atoms with E-state index >= 15 is 0 Å². The molecular formula is C25H40O5. The lowest BCUT2D eigenvalue weighted by Crippen LogP contribution is -2.20. The van der Waals surface area contributed by atoms with E-state index in [1.807, 2.05) is 0 Å². The summed E-state index contributed by atoms with van der Waals surface area (Å²) in [5.41, 5.74) is 5.68. The van der Waals surface area contributed by atoms with Crippen molar-refractivity contribution in [2.24, 2.45) is 5.41 Å². The summed E-state index contributed by atoms with van der Waals surface area (Å²) in [6.45, 7) is 8.52. The van der Waals surface area contributed by atoms with Gasteiger partial charge in [-0.3, -0.25) is 0 Å². The van der Waals surface area contributed by atoms with Crippen molar-refractivity contribution in [1.82, 2.24) is 0 Å². The Labute approximate surface area is 181 Å². The second-order valence-electron chi connectivity index (χ2n) is 9.07. The number of aliphatic hydroxyl groups excluding tert-OH is 3. The predicted molar refractivity (Wildman–Crippen MR) is 121 cm³/mol. The zero-order valence-electron chi connectivity index (χ0n) is 19.1. The summed E-state index contributed by atoms with van der Waals surface area (Å²) in [7, 11) is 0. The van der Waals surface area contributed by atoms with Gasteiger partial charge in [-0.15, -0.1) is 0 Å². The van der Waals surface area contributed by atoms with E-state index < -0.39 is 18.7 Å². The highest BCUT2D eigenvalue weighted by molar-refractivity contribution is 5.80. The Morgan fingerprint density at radius 1 is 1.17 bits per heavy atom. The molecule has 1 aliphatic rings. The van der Waals surface area contributed by atoms with E-state index in [0.717, 1.165) is 30.9 Å². The topological polar surface area (TPSA) is 98.0 Å². The maximum absolute atomic E-state index is 10.7. The Morgan fingerprint density at radius 3 is 2.43 bits per heavy atom. The van der Waals surface area contributed by atoms with Crippen molar-refractivity contribution in [3.8, 4) is 0 Å². The average Bonchev–Trinajstić information content (AvgIpc) is 2.67. The number of carbonyl (C=O) groups is 1. The van der Waals surface area contributed by atoms with E-state index in [1.165, 1.54) is 24.8 Å². The molecule has 1 rings (SSSR count). The number of hydrogen-bond donors (Lipinski definition) is 4. The molecule has 170 valence electrons. The molecule has 0 saturated heterocycles. The molecule has 0 fully saturated rings. The highest BCUT2D eigenvalue weighted by Gasteiger charge is 2.27. The average molecular weight is 421 g/mol. The van der Waals surface area contributed by atoms with Crippen LogP contribution in [0.3, 0.4) is 0 Å². The molecule has 0 amide bonds. The van der Waals surface area contributed by atoms with Gasteiger partial charge in [-0.1, -0.05) is 42.7 Å². The van der Waals surface area contributed by atoms with Gasteiger partial charge in [-0.2, -0.15) is 0 Å². The quantitative estimate of drug-likeness (QED) is 0.271. The van der Waals surface area contributed by atoms with Gasteiger partial charge in [0.05, 0.1) is 19.3 Å². The Hall–Kier alpha value is -1.69. The first-order valence-corrected chi connectivity index (χ1v) is 11.0. The summed E-state index contributed by atoms with van der Waals surface area (Å²) in [5.74, 6) is -1.20. The lowest BCUT2D eigenvalue weighted by Gasteiger charge is -2.35. The molecule has 1 unspecified atom stereocenters. The second-order valence-corrected chi connectivity index (χ2v) is 9.07. The standard InChI is InChI=1S/C25H40O5/c1-18(10-12-22-19(2)8-6-14-25(22,3)4)7-5-9-20(16-26)11-13-23(28)21(17-27)15-24(29)30/h7,11,15,23,26-28H,5-6,8-10,12-14,16-17H2,1-4H3,(H,29,30). The summed E-state index contributed by atoms with van der Waals surface area (Å²) in [6.07, 6.45) is 11.3. The second kappa shape index (κ2) is 12.9. The van der Waals surface area contributed by atoms with Crippen LogP contribution in [0.15, 0.2) is 46.1 Å². The summed E-state index contributed by atoms with van der Waals surface area (Å²) < 4.78 is 0. The van der Waals surface area contributed by atoms with Crippen molar-refractivity contribution in [2.45, 2.75) is 85.2 Å². The Kier molecular flexibility index (Phi) is 11.3. The lowest BCUT2D eigenvalue weighted by molar-refractivity contribution is -0.131. The Balaban J connectivity index is 2.57. The van der Waals surface area contributed by atoms with Gasteiger partial charge in [0.2, 0.25) is 0 Å². The van der Waals surface area contributed by atoms with Gasteiger partial charge >= 0.3 is 5.97 Å². The molecule has 0 aromatic rings. The third-order valence-corrected chi connectivity index (χ3v) is 6.17. The van der Waals surface area contributed by atoms with Crippen molar-refractivity contribution in [3.05, 3.63) is 46.1 Å². The van der Waals surface area contributed by atoms with E-state index in [0.29, 0.717) is 11.8 Å². The van der Waals surface area contributed by atoms with Gasteiger partial charge in [0.25, 0.3) is 0 Å². The first kappa shape index (κ1) is 26.3. The number of carboxylic acids is 1. The number of rotatable bonds is 12. The highest BCUT2D eigenvalue weighted by Crippen LogP contribution is 2.42. The van der Waals surface area contributed by atoms with Crippen molar-refractivity contribution < 1.29 is 25.2 Å². The normalized spacial score (nSPS) is 19.2. The minimum absolute atomic E-state index is 0.0574. The number of aliphatic hydroxyl groups is 3. The lowest BCUT2D eigenvalue weighted by atomic mass is 9.71. The van der Waals surface area contributed by atoms with Crippen LogP contribution in [0.1, 0.15) is 79.1 Å². The molecule has 0 aromatic heterocycles. The summed E-state index contributed by atoms with van der Waals surface area (Å²) in [5, 5.41) is 37.6. The van der Waals surface area contributed by atoms with Gasteiger partial charge in [0, 0.05) is 6.08 Å². The minimum Gasteiger partial charge on any atom is -0.478 e. The van der Waals surface area contributed by atoms with Gasteiger partial charge < -0.3 is 20.4 Å². The largest absolute Gasteiger partial charge is 0.478 e. The molecule has 1 aliphatic carbocycles. The fourth-order valence-corrected chi connectivity index (χ4v) is 4.24. The van der Waals surface area contributed by atoms with E-state index in [2.05, 4.69) is 33.8 Å². The molecule has 0 bridgehead atoms. The van der Waals surface area contributed by atoms with Crippen molar-refractivity contribution >= 4 is 5.97 Å². The van der Waals surface area contributed by atoms with Gasteiger partial charge in [-0.25, -0.2) is 4.79 Å². The third-order valence-electron chi connectivity index (χ3n) is 6.17. The number of carboxylic acid groups (broad SMARTS) is 1. The predicted octanol–water partition coefficient (Wildman–Crippen LogP) is 4.69. The molecule has 1 atom stereocenters. The SMILES string of the molecule is CC(=CCCC(=CCC(O)C(=CC(=O)O)CO)CO)CCC1=C(C)CCCC1(C)C. The highest BCUT2D eigenvalue weighted by atomic mass is 16.4. The molecule has 5 heteroatoms. The van der Waals surface area contributed by atoms with Gasteiger partial charge in [-0.05, 0) is 81.8 Å². The zero-order valence-corrected chi connectivity index (χ0v) is 19.1. The molecule has 0 spiro atoms. The smallest absolute Gasteiger partial charge is 0.328 e. The molecule has 5 nitrogen and oxygen atoms in total. The first-order valence-electron chi connectivity index (χ1n) is 11.0. The van der Waals surface area contributed by atoms with E-state index in [1.54, 1.807) is 17.2 Å². The van der Waals surface area contributed by atoms with Crippen LogP contribution in [0.25, 0.3) is 0 Å². The zero-order chi connectivity index (χ0) is 22.7. The third kappa shape index (κ3) is 8.99. The summed E-state index contributed by atoms with van der Waals surface area (Å²) in [6, 6.07) is 0. The van der Waals surface area contributed by atoms with Crippen LogP contribution in [-0.4, -0.2) is 45.7 Å². The van der Waals surface area contributed by atoms with E-state index in [-0.39, 0.29) is 18.6 Å². The van der Waals surface area contributed by atoms with Crippen molar-refractivity contribution in [3.63, 3.8) is 0 Å². The molecular weight excluding hydrogens is 380 g/mol. The monoisotopic (exact) mass is 420 g/mol. The van der Waals surface area contributed by atoms with Crippen molar-refractivity contribution in [2.75, 3.05) is 13.2 Å². The molecule has 0 radical (unpaired) electrons. The van der Waals surface area contributed by atoms with Crippen molar-refractivity contribution in [1.29, 1.82) is 0 Å². The maximum Gasteiger partial charge on any atom is 0.328 e. The van der Waals surface area contributed by atoms with Gasteiger partial charge in [0.15, 0.2) is 0 Å². The molecule has 4 N–H and O–H groups in total. The van der Waals surface area contributed by atoms with Crippen LogP contribution in [-0.2, 0) is 4.79 Å². The Bertz CT molecular complexity index is 694. The number of hydrogen-bond acceptors (Lipinski definition) is 4. The number of aliphatic carboxylic acids is 1. The molecule has 0 heterocycles. The number of allylic oxidation sites excluding steroid dienone is 4. The van der Waals surface area contributed by atoms with Crippen LogP contribution >= 0.6 is 0 Å². The molecule has 30 heavy (non-hydrogen) atoms. The molecule has 0 aliphatic heterocycles. The van der Waals surface area contributed by atoms with Crippen LogP contribution < -0.4 is 0 Å². The minimum atomic E-state index is -1.20. The van der Waals surface area contributed by atoms with Gasteiger partial charge in [0.1, 0.15) is 0 Å². The van der Waals surface area contributed by atoms with Crippen LogP contribution in [0.4, 0.5) is 0 Å². The van der Waals surface area contributed by atoms with E-state index in [9.17, 15) is 20.1 Å². The van der Waals surface area contributed by atoms with Crippen LogP contribution in [0.2, 0.25) is 0 Å². The molecule has 0 aromatic carbocycles. The first-order chi connectivity index (χ1) is 14.1. The fraction of sp³-hybridized carbons (Fsp3) is 0.640. The van der Waals surface area contributed by atoms with Crippen LogP contribution in [0, 0.1) is 5.41 Å². The maximum atomic E-state index is 10.7.